The van der Waals surface area contributed by atoms with Gasteiger partial charge in [-0.2, -0.15) is 13.2 Å². The quantitative estimate of drug-likeness (QED) is 0.334. The van der Waals surface area contributed by atoms with Gasteiger partial charge in [0.25, 0.3) is 0 Å². The van der Waals surface area contributed by atoms with Gasteiger partial charge in [-0.15, -0.1) is 0 Å². The van der Waals surface area contributed by atoms with Gasteiger partial charge < -0.3 is 25.0 Å². The van der Waals surface area contributed by atoms with Crippen molar-refractivity contribution in [2.45, 2.75) is 19.6 Å². The fourth-order valence-corrected chi connectivity index (χ4v) is 3.42. The lowest BCUT2D eigenvalue weighted by molar-refractivity contribution is -0.754. The van der Waals surface area contributed by atoms with Crippen LogP contribution in [0, 0.1) is 6.92 Å². The maximum absolute atomic E-state index is 12.8. The fourth-order valence-electron chi connectivity index (χ4n) is 3.42. The molecule has 0 saturated heterocycles. The van der Waals surface area contributed by atoms with E-state index in [0.717, 1.165) is 29.0 Å². The summed E-state index contributed by atoms with van der Waals surface area (Å²) in [7, 11) is 0. The minimum absolute atomic E-state index is 0.0555. The first-order valence-electron chi connectivity index (χ1n) is 10.9. The van der Waals surface area contributed by atoms with E-state index in [9.17, 15) is 18.0 Å². The lowest BCUT2D eigenvalue weighted by atomic mass is 10.0. The lowest BCUT2D eigenvalue weighted by Gasteiger charge is -2.15. The maximum atomic E-state index is 12.8. The van der Waals surface area contributed by atoms with Gasteiger partial charge in [-0.3, -0.25) is 4.79 Å². The third-order valence-electron chi connectivity index (χ3n) is 5.07. The van der Waals surface area contributed by atoms with Gasteiger partial charge >= 0.3 is 6.18 Å². The molecule has 0 aliphatic heterocycles. The zero-order valence-electron chi connectivity index (χ0n) is 19.4. The van der Waals surface area contributed by atoms with E-state index in [0.29, 0.717) is 18.0 Å². The molecule has 2 heterocycles. The molecule has 2 amide bonds. The molecule has 0 aliphatic rings. The molecule has 10 nitrogen and oxygen atoms in total. The van der Waals surface area contributed by atoms with E-state index in [-0.39, 0.29) is 24.8 Å². The normalized spacial score (nSPS) is 11.3. The van der Waals surface area contributed by atoms with Crippen LogP contribution >= 0.6 is 0 Å². The number of aliphatic hydroxyl groups is 1. The first-order valence-corrected chi connectivity index (χ1v) is 10.9. The summed E-state index contributed by atoms with van der Waals surface area (Å²) in [5.41, 5.74) is 2.16. The molecule has 2 aromatic carbocycles. The maximum Gasteiger partial charge on any atom is 0.416 e. The van der Waals surface area contributed by atoms with Crippen LogP contribution < -0.4 is 14.7 Å². The van der Waals surface area contributed by atoms with Crippen LogP contribution in [0.2, 0.25) is 0 Å². The number of aromatic nitrogens is 4. The number of alkyl halides is 3. The van der Waals surface area contributed by atoms with E-state index in [2.05, 4.69) is 25.9 Å². The van der Waals surface area contributed by atoms with Crippen LogP contribution in [0.5, 0.6) is 5.88 Å². The Balaban J connectivity index is 1.38. The molecule has 0 saturated carbocycles. The molecule has 0 aliphatic carbocycles. The zero-order chi connectivity index (χ0) is 26.4. The lowest BCUT2D eigenvalue weighted by Crippen LogP contribution is -2.35. The monoisotopic (exact) mass is 514 g/mol. The fraction of sp³-hybridized carbons (Fsp3) is 0.208. The summed E-state index contributed by atoms with van der Waals surface area (Å²) in [5, 5.41) is 18.8. The number of hydrogen-bond acceptors (Lipinski definition) is 7. The number of nitrogens with zero attached hydrogens (tertiary/aromatic N) is 5. The van der Waals surface area contributed by atoms with Crippen LogP contribution in [0.25, 0.3) is 16.4 Å². The number of amides is 2. The second kappa shape index (κ2) is 11.0. The molecule has 13 heteroatoms. The van der Waals surface area contributed by atoms with Crippen molar-refractivity contribution in [3.8, 4) is 17.0 Å². The Kier molecular flexibility index (Phi) is 7.63. The van der Waals surface area contributed by atoms with Crippen LogP contribution in [0.4, 0.5) is 29.5 Å². The molecule has 4 aromatic rings. The Labute approximate surface area is 208 Å². The number of urea groups is 1. The average molecular weight is 514 g/mol. The van der Waals surface area contributed by atoms with Gasteiger partial charge in [0.15, 0.2) is 11.3 Å². The molecule has 0 atom stereocenters. The summed E-state index contributed by atoms with van der Waals surface area (Å²) in [6, 6.07) is 10.7. The number of hydrogen-bond donors (Lipinski definition) is 2. The third-order valence-corrected chi connectivity index (χ3v) is 5.07. The summed E-state index contributed by atoms with van der Waals surface area (Å²) >= 11 is 0. The van der Waals surface area contributed by atoms with Gasteiger partial charge in [-0.1, -0.05) is 42.5 Å². The molecule has 192 valence electrons. The third kappa shape index (κ3) is 6.58. The van der Waals surface area contributed by atoms with E-state index < -0.39 is 17.8 Å². The molecular formula is C24H21F3N6O4. The van der Waals surface area contributed by atoms with E-state index >= 15 is 0 Å². The Bertz CT molecular complexity index is 1380. The Morgan fingerprint density at radius 2 is 1.97 bits per heavy atom. The molecule has 0 fully saturated rings. The van der Waals surface area contributed by atoms with Crippen LogP contribution in [0.15, 0.2) is 65.6 Å². The average Bonchev–Trinajstić information content (AvgIpc) is 3.29. The number of anilines is 1. The molecular weight excluding hydrogens is 493 g/mol. The van der Waals surface area contributed by atoms with Gasteiger partial charge in [-0.05, 0) is 28.9 Å². The Hall–Kier alpha value is -4.52. The smallest absolute Gasteiger partial charge is 0.416 e. The summed E-state index contributed by atoms with van der Waals surface area (Å²) in [4.78, 5) is 20.5. The number of ether oxygens (including phenoxy) is 1. The molecule has 2 N–H and O–H groups in total. The van der Waals surface area contributed by atoms with Crippen molar-refractivity contribution in [1.29, 1.82) is 0 Å². The highest BCUT2D eigenvalue weighted by molar-refractivity contribution is 6.03. The Morgan fingerprint density at radius 3 is 2.70 bits per heavy atom. The highest BCUT2D eigenvalue weighted by atomic mass is 19.4. The van der Waals surface area contributed by atoms with E-state index in [1.54, 1.807) is 0 Å². The number of carbonyl (C=O) groups is 1. The minimum Gasteiger partial charge on any atom is -0.475 e. The van der Waals surface area contributed by atoms with Gasteiger partial charge in [0, 0.05) is 5.56 Å². The van der Waals surface area contributed by atoms with Crippen molar-refractivity contribution in [2.24, 2.45) is 0 Å². The van der Waals surface area contributed by atoms with Crippen molar-refractivity contribution in [1.82, 2.24) is 15.2 Å². The van der Waals surface area contributed by atoms with Crippen molar-refractivity contribution < 1.29 is 37.0 Å². The number of aliphatic hydroxyl groups excluding tert-OH is 1. The topological polar surface area (TPSA) is 128 Å². The number of carbonyl (C=O) groups excluding carboxylic acids is 1. The summed E-state index contributed by atoms with van der Waals surface area (Å²) in [6.45, 7) is 2.09. The standard InChI is InChI=1S/C24H21F3N6O4/c1-15-21(22(29-14-28-15)36-10-9-34)17-7-5-16(6-8-17)12-33-13-20(37-32-33)31-23(35)30-19-4-2-3-18(11-19)24(25,26)27/h2-8,11,13-14,34H,9-10,12H2,1H3,(H-,30,31,32,35). The largest absolute Gasteiger partial charge is 0.475 e. The zero-order valence-corrected chi connectivity index (χ0v) is 19.4. The highest BCUT2D eigenvalue weighted by Gasteiger charge is 2.30. The van der Waals surface area contributed by atoms with Gasteiger partial charge in [0.2, 0.25) is 24.5 Å². The second-order valence-electron chi connectivity index (χ2n) is 7.77. The van der Waals surface area contributed by atoms with E-state index in [1.165, 1.54) is 29.3 Å². The second-order valence-corrected chi connectivity index (χ2v) is 7.77. The number of rotatable bonds is 8. The van der Waals surface area contributed by atoms with Crippen molar-refractivity contribution in [2.75, 3.05) is 18.5 Å². The molecule has 0 bridgehead atoms. The van der Waals surface area contributed by atoms with Crippen LogP contribution in [0.3, 0.4) is 0 Å². The highest BCUT2D eigenvalue weighted by Crippen LogP contribution is 2.32. The molecule has 2 aromatic heterocycles. The molecule has 0 spiro atoms. The number of halogens is 3. The van der Waals surface area contributed by atoms with Crippen molar-refractivity contribution in [3.63, 3.8) is 0 Å². The van der Waals surface area contributed by atoms with Gasteiger partial charge in [-0.25, -0.2) is 9.97 Å². The molecule has 0 radical (unpaired) electrons. The molecule has 4 rings (SSSR count). The summed E-state index contributed by atoms with van der Waals surface area (Å²) in [5.74, 6) is 0.249. The predicted octanol–water partition coefficient (Wildman–Crippen LogP) is 4.40. The summed E-state index contributed by atoms with van der Waals surface area (Å²) < 4.78 is 50.5. The van der Waals surface area contributed by atoms with Crippen LogP contribution in [0.1, 0.15) is 16.8 Å². The van der Waals surface area contributed by atoms with E-state index in [1.807, 2.05) is 31.2 Å². The number of benzene rings is 2. The van der Waals surface area contributed by atoms with Crippen LogP contribution in [-0.2, 0) is 12.7 Å². The van der Waals surface area contributed by atoms with Crippen LogP contribution in [-0.4, -0.2) is 39.6 Å². The minimum atomic E-state index is -4.53. The number of nitrogens with one attached hydrogen (secondary N) is 1. The SMILES string of the molecule is Cc1ncnc(OCCO)c1-c1ccc(C[n+]2cc([N-]C(=O)Nc3cccc(C(F)(F)F)c3)on2)cc1. The molecule has 0 unspecified atom stereocenters. The van der Waals surface area contributed by atoms with Crippen molar-refractivity contribution in [3.05, 3.63) is 83.2 Å². The predicted molar refractivity (Wildman–Crippen MR) is 124 cm³/mol. The Morgan fingerprint density at radius 1 is 1.19 bits per heavy atom. The van der Waals surface area contributed by atoms with Crippen molar-refractivity contribution >= 4 is 17.6 Å². The first kappa shape index (κ1) is 25.6. The van der Waals surface area contributed by atoms with Gasteiger partial charge in [0.1, 0.15) is 12.9 Å². The number of aryl methyl sites for hydroxylation is 1. The van der Waals surface area contributed by atoms with Gasteiger partial charge in [0.05, 0.1) is 23.4 Å². The first-order chi connectivity index (χ1) is 17.7. The molecule has 37 heavy (non-hydrogen) atoms. The summed E-state index contributed by atoms with van der Waals surface area (Å²) in [6.07, 6.45) is -1.75. The van der Waals surface area contributed by atoms with E-state index in [4.69, 9.17) is 14.4 Å².